The van der Waals surface area contributed by atoms with Crippen LogP contribution in [-0.2, 0) is 0 Å². The lowest BCUT2D eigenvalue weighted by molar-refractivity contribution is 0.669. The Morgan fingerprint density at radius 2 is 0.691 bits per heavy atom. The molecule has 10 aromatic rings. The Labute approximate surface area is 319 Å². The summed E-state index contributed by atoms with van der Waals surface area (Å²) in [6, 6.07) is 69.5. The fourth-order valence-electron chi connectivity index (χ4n) is 7.40. The summed E-state index contributed by atoms with van der Waals surface area (Å²) in [5.74, 6) is 1.81. The molecule has 10 rings (SSSR count). The maximum atomic E-state index is 6.58. The Morgan fingerprint density at radius 1 is 0.273 bits per heavy atom. The van der Waals surface area contributed by atoms with Gasteiger partial charge in [-0.05, 0) is 87.0 Å². The largest absolute Gasteiger partial charge is 0.456 e. The van der Waals surface area contributed by atoms with E-state index in [9.17, 15) is 0 Å². The number of fused-ring (bicyclic) bond motifs is 3. The van der Waals surface area contributed by atoms with Gasteiger partial charge in [0.25, 0.3) is 0 Å². The Hall–Kier alpha value is -7.43. The first kappa shape index (κ1) is 32.2. The van der Waals surface area contributed by atoms with E-state index >= 15 is 0 Å². The molecule has 0 bridgehead atoms. The molecule has 2 heterocycles. The van der Waals surface area contributed by atoms with Crippen LogP contribution in [0.15, 0.2) is 205 Å². The summed E-state index contributed by atoms with van der Waals surface area (Å²) in [6.45, 7) is 0. The van der Waals surface area contributed by atoms with E-state index in [2.05, 4.69) is 127 Å². The molecule has 0 radical (unpaired) electrons. The van der Waals surface area contributed by atoms with Crippen LogP contribution in [0.1, 0.15) is 0 Å². The molecule has 0 spiro atoms. The van der Waals surface area contributed by atoms with Crippen LogP contribution in [0.2, 0.25) is 0 Å². The van der Waals surface area contributed by atoms with Crippen LogP contribution in [0.4, 0.5) is 0 Å². The summed E-state index contributed by atoms with van der Waals surface area (Å²) in [7, 11) is 0. The van der Waals surface area contributed by atoms with Crippen molar-refractivity contribution in [1.29, 1.82) is 0 Å². The third kappa shape index (κ3) is 6.26. The minimum atomic E-state index is 0.579. The van der Waals surface area contributed by atoms with Gasteiger partial charge in [0, 0.05) is 27.5 Å². The SMILES string of the molecule is c1ccc(-c2cc(-c3ccccc3)cc(-c3cccc(-c4cc(-c5nc(-c6ccccc6)nc(-c6ccccc6)n5)cc5oc6ccccc6c45)c3)c2)cc1. The molecular formula is C51H33N3O. The van der Waals surface area contributed by atoms with Crippen molar-refractivity contribution in [3.05, 3.63) is 200 Å². The van der Waals surface area contributed by atoms with Crippen molar-refractivity contribution in [2.45, 2.75) is 0 Å². The number of para-hydroxylation sites is 1. The smallest absolute Gasteiger partial charge is 0.164 e. The maximum absolute atomic E-state index is 6.58. The molecule has 0 N–H and O–H groups in total. The van der Waals surface area contributed by atoms with Gasteiger partial charge in [0.15, 0.2) is 17.5 Å². The van der Waals surface area contributed by atoms with Crippen LogP contribution in [0, 0.1) is 0 Å². The molecule has 0 saturated carbocycles. The third-order valence-corrected chi connectivity index (χ3v) is 10.1. The Morgan fingerprint density at radius 3 is 1.25 bits per heavy atom. The van der Waals surface area contributed by atoms with Gasteiger partial charge in [-0.15, -0.1) is 0 Å². The van der Waals surface area contributed by atoms with Crippen LogP contribution < -0.4 is 0 Å². The molecule has 258 valence electrons. The zero-order valence-corrected chi connectivity index (χ0v) is 29.8. The van der Waals surface area contributed by atoms with Crippen LogP contribution in [0.5, 0.6) is 0 Å². The fraction of sp³-hybridized carbons (Fsp3) is 0. The number of rotatable bonds is 7. The lowest BCUT2D eigenvalue weighted by atomic mass is 9.91. The molecule has 4 heteroatoms. The Balaban J connectivity index is 1.18. The summed E-state index contributed by atoms with van der Waals surface area (Å²) in [6.07, 6.45) is 0. The Kier molecular flexibility index (Phi) is 8.12. The molecule has 0 unspecified atom stereocenters. The van der Waals surface area contributed by atoms with Crippen LogP contribution >= 0.6 is 0 Å². The average Bonchev–Trinajstić information content (AvgIpc) is 3.66. The maximum Gasteiger partial charge on any atom is 0.164 e. The summed E-state index contributed by atoms with van der Waals surface area (Å²) in [4.78, 5) is 15.1. The van der Waals surface area contributed by atoms with Gasteiger partial charge in [-0.3, -0.25) is 0 Å². The van der Waals surface area contributed by atoms with E-state index in [-0.39, 0.29) is 0 Å². The topological polar surface area (TPSA) is 51.8 Å². The van der Waals surface area contributed by atoms with Crippen LogP contribution in [-0.4, -0.2) is 15.0 Å². The number of hydrogen-bond donors (Lipinski definition) is 0. The molecule has 0 fully saturated rings. The van der Waals surface area contributed by atoms with Gasteiger partial charge in [0.1, 0.15) is 11.2 Å². The van der Waals surface area contributed by atoms with Gasteiger partial charge in [-0.1, -0.05) is 158 Å². The monoisotopic (exact) mass is 703 g/mol. The molecule has 0 aliphatic rings. The summed E-state index contributed by atoms with van der Waals surface area (Å²) < 4.78 is 6.58. The van der Waals surface area contributed by atoms with Crippen molar-refractivity contribution in [3.8, 4) is 78.7 Å². The van der Waals surface area contributed by atoms with Gasteiger partial charge in [-0.25, -0.2) is 15.0 Å². The van der Waals surface area contributed by atoms with Crippen molar-refractivity contribution >= 4 is 21.9 Å². The first-order valence-corrected chi connectivity index (χ1v) is 18.4. The van der Waals surface area contributed by atoms with Gasteiger partial charge < -0.3 is 4.42 Å². The second-order valence-electron chi connectivity index (χ2n) is 13.6. The Bertz CT molecular complexity index is 2840. The number of hydrogen-bond acceptors (Lipinski definition) is 4. The fourth-order valence-corrected chi connectivity index (χ4v) is 7.40. The highest BCUT2D eigenvalue weighted by atomic mass is 16.3. The van der Waals surface area contributed by atoms with Crippen LogP contribution in [0.25, 0.3) is 101 Å². The summed E-state index contributed by atoms with van der Waals surface area (Å²) >= 11 is 0. The molecule has 4 nitrogen and oxygen atoms in total. The highest BCUT2D eigenvalue weighted by Gasteiger charge is 2.19. The number of furan rings is 1. The predicted octanol–water partition coefficient (Wildman–Crippen LogP) is 13.4. The second kappa shape index (κ2) is 13.8. The van der Waals surface area contributed by atoms with E-state index < -0.39 is 0 Å². The second-order valence-corrected chi connectivity index (χ2v) is 13.6. The first-order valence-electron chi connectivity index (χ1n) is 18.4. The minimum absolute atomic E-state index is 0.579. The molecule has 55 heavy (non-hydrogen) atoms. The highest BCUT2D eigenvalue weighted by molar-refractivity contribution is 6.13. The standard InChI is InChI=1S/C51H33N3O/c1-5-16-34(17-6-1)40-29-41(35-18-7-2-8-19-35)31-42(30-40)38-24-15-25-39(28-38)45-32-43(33-47-48(45)44-26-13-14-27-46(44)55-47)51-53-49(36-20-9-3-10-21-36)52-50(54-51)37-22-11-4-12-23-37/h1-33H. The van der Waals surface area contributed by atoms with E-state index in [1.807, 2.05) is 72.8 Å². The molecule has 0 atom stereocenters. The third-order valence-electron chi connectivity index (χ3n) is 10.1. The molecule has 0 aliphatic heterocycles. The number of nitrogens with zero attached hydrogens (tertiary/aromatic N) is 3. The van der Waals surface area contributed by atoms with Crippen molar-refractivity contribution in [2.75, 3.05) is 0 Å². The van der Waals surface area contributed by atoms with E-state index in [1.165, 1.54) is 22.3 Å². The van der Waals surface area contributed by atoms with E-state index in [1.54, 1.807) is 0 Å². The van der Waals surface area contributed by atoms with Crippen molar-refractivity contribution in [3.63, 3.8) is 0 Å². The molecule has 0 amide bonds. The van der Waals surface area contributed by atoms with E-state index in [0.717, 1.165) is 60.9 Å². The minimum Gasteiger partial charge on any atom is -0.456 e. The van der Waals surface area contributed by atoms with Gasteiger partial charge in [0.2, 0.25) is 0 Å². The zero-order chi connectivity index (χ0) is 36.6. The number of aromatic nitrogens is 3. The highest BCUT2D eigenvalue weighted by Crippen LogP contribution is 2.41. The lowest BCUT2D eigenvalue weighted by Crippen LogP contribution is -2.00. The van der Waals surface area contributed by atoms with Crippen molar-refractivity contribution in [2.24, 2.45) is 0 Å². The van der Waals surface area contributed by atoms with E-state index in [4.69, 9.17) is 19.4 Å². The molecule has 2 aromatic heterocycles. The molecular weight excluding hydrogens is 671 g/mol. The van der Waals surface area contributed by atoms with Crippen LogP contribution in [0.3, 0.4) is 0 Å². The molecule has 0 aliphatic carbocycles. The van der Waals surface area contributed by atoms with Crippen molar-refractivity contribution in [1.82, 2.24) is 15.0 Å². The van der Waals surface area contributed by atoms with E-state index in [0.29, 0.717) is 17.5 Å². The first-order chi connectivity index (χ1) is 27.2. The average molecular weight is 704 g/mol. The normalized spacial score (nSPS) is 11.3. The zero-order valence-electron chi connectivity index (χ0n) is 29.8. The summed E-state index contributed by atoms with van der Waals surface area (Å²) in [5, 5.41) is 2.12. The quantitative estimate of drug-likeness (QED) is 0.166. The predicted molar refractivity (Wildman–Crippen MR) is 225 cm³/mol. The molecule has 0 saturated heterocycles. The van der Waals surface area contributed by atoms with Crippen molar-refractivity contribution < 1.29 is 4.42 Å². The number of benzene rings is 8. The lowest BCUT2D eigenvalue weighted by Gasteiger charge is -2.13. The summed E-state index contributed by atoms with van der Waals surface area (Å²) in [5.41, 5.74) is 13.4. The van der Waals surface area contributed by atoms with Gasteiger partial charge in [0.05, 0.1) is 0 Å². The van der Waals surface area contributed by atoms with Gasteiger partial charge >= 0.3 is 0 Å². The van der Waals surface area contributed by atoms with Gasteiger partial charge in [-0.2, -0.15) is 0 Å². The molecule has 8 aromatic carbocycles.